The van der Waals surface area contributed by atoms with E-state index in [1.807, 2.05) is 0 Å². The second kappa shape index (κ2) is 47.8. The van der Waals surface area contributed by atoms with Crippen molar-refractivity contribution >= 4 is 145 Å². The number of hydrogen-bond donors (Lipinski definition) is 12. The summed E-state index contributed by atoms with van der Waals surface area (Å²) in [7, 11) is -4.78. The largest absolute Gasteiger partial charge is 0.472 e. The van der Waals surface area contributed by atoms with Gasteiger partial charge in [-0.1, -0.05) is 19.2 Å². The van der Waals surface area contributed by atoms with E-state index in [4.69, 9.17) is 173 Å². The molecule has 16 N–H and O–H groups in total. The number of aromatic amines is 1. The minimum atomic E-state index is -5.90. The number of phosphoric ester groups is 2. The molecule has 802 valence electrons. The molecule has 0 spiro atoms. The van der Waals surface area contributed by atoms with Crippen LogP contribution in [0.5, 0.6) is 0 Å². The normalized spacial score (nSPS) is 29.2. The standard InChI is InChI=1S/C76H108N25O37P5S3/c1-9-38-39(20-45(128-38)96-22-37(3)69(103)95-76(96)105)134-141(110,144)126-26-43-52(57(120-17-12-115-6)72(132-43)99-33-91-47-62(79)83-29-87-66(47)99)136-139(106,107)123-24-41-51(56(119-16-11-114-5)71(130-41)97-21-36(2)60(77)94-75(97)104)135-140(108,109)124-25-42-53(58(121-18-13-116-7)73(131-42)100-34-92-48-63(80)84-30-88-67(48)100)137-143(112,146)127-27-44-54(59(122-19-14-117-8)74(133-44)101-35-93-49-64(81)85-31-89-68(49)101)138-142(111,145)125-23-40-50(102)55(118-15-10-113-4)70(129-40)98-32-90-46-61(78)82-28-86-65(46)98/h21-22,28-35,38-45,50-59,70-74,102H,9-20,23-27H2,1-8H3,(H,106,107)(H,108,109)(H,110,144)(H,111,145)(H,112,146)(H2,77,94,104)(H2,78,82,86)(H2,79,83,87)(H2,80,84,88)(H2,81,85,89)(H,95,103,105)/t38-,39?,40-,41-,42-,43-,44-,45-,50?,51?,52?,53?,54?,55+,56+,57+,58+,59+,70-,71-,72-,73-,74-,141?,142?,143?/m1/s1. The van der Waals surface area contributed by atoms with E-state index in [1.54, 1.807) is 6.92 Å². The Bertz CT molecular complexity index is 6650. The lowest BCUT2D eigenvalue weighted by molar-refractivity contribution is -0.0843. The van der Waals surface area contributed by atoms with Crippen molar-refractivity contribution in [2.45, 2.75) is 175 Å². The number of aliphatic hydroxyl groups is 1. The van der Waals surface area contributed by atoms with Crippen LogP contribution in [0.25, 0.3) is 44.7 Å². The Morgan fingerprint density at radius 3 is 1.14 bits per heavy atom. The summed E-state index contributed by atoms with van der Waals surface area (Å²) >= 11 is 15.9. The summed E-state index contributed by atoms with van der Waals surface area (Å²) in [6.07, 6.45) is -22.6. The number of imidazole rings is 4. The number of nitrogens with zero attached hydrogens (tertiary/aromatic N) is 19. The highest BCUT2D eigenvalue weighted by molar-refractivity contribution is 8.44. The lowest BCUT2D eigenvalue weighted by Gasteiger charge is -2.30. The number of nitrogens with one attached hydrogen (secondary N) is 1. The number of H-pyrrole nitrogens is 1. The number of anilines is 5. The molecule has 6 aliphatic heterocycles. The topological polar surface area (TPSA) is 787 Å². The average molecular weight is 2210 g/mol. The minimum absolute atomic E-state index is 0.0167. The second-order valence-electron chi connectivity index (χ2n) is 33.3. The van der Waals surface area contributed by atoms with Crippen LogP contribution < -0.4 is 45.6 Å². The van der Waals surface area contributed by atoms with Gasteiger partial charge in [-0.3, -0.25) is 68.8 Å². The van der Waals surface area contributed by atoms with Gasteiger partial charge in [0.1, 0.15) is 151 Å². The van der Waals surface area contributed by atoms with Crippen LogP contribution >= 0.6 is 48.1 Å². The Kier molecular flexibility index (Phi) is 36.2. The highest BCUT2D eigenvalue weighted by Crippen LogP contribution is 2.60. The number of phosphoric acid groups is 2. The van der Waals surface area contributed by atoms with Gasteiger partial charge in [-0.2, -0.15) is 4.98 Å². The molecule has 16 rings (SSSR count). The molecule has 10 aromatic rings. The van der Waals surface area contributed by atoms with Gasteiger partial charge in [0.25, 0.3) is 5.56 Å². The van der Waals surface area contributed by atoms with Gasteiger partial charge in [0.2, 0.25) is 0 Å². The SMILES string of the molecule is CC[C@H]1O[C@@H](n2cc(C)c(=O)[nH]c2=O)CC1OP(O)(=S)OC[C@H]1O[C@@H](n2cnc3c(N)ncnc32)[C@@H](OCCOC)C1OP(=O)(O)OC[C@H]1O[C@@H](n2cc(C)c(N)nc2=O)[C@@H](OCCOC)C1OP(=O)(O)OC[C@H]1O[C@@H](n2cnc3c(N)ncnc32)[C@@H](OCCOC)C1OP(=O)(S)OC[C@H]1O[C@@H](n2cnc3c(N)ncnc32)[C@@H](OCCOC)C1OP(O)(=S)OC[C@H]1O[C@@H](n2cnc3c(N)ncnc32)[C@@H](OCCOC)C1O. The second-order valence-corrected chi connectivity index (χ2v) is 44.6. The van der Waals surface area contributed by atoms with E-state index in [0.29, 0.717) is 0 Å². The number of ether oxygens (including phenoxy) is 16. The molecule has 0 aliphatic carbocycles. The Balaban J connectivity index is 0.687. The first-order chi connectivity index (χ1) is 69.8. The third-order valence-corrected chi connectivity index (χ3v) is 30.6. The summed E-state index contributed by atoms with van der Waals surface area (Å²) in [6, 6.07) is 0. The number of aromatic nitrogens is 20. The van der Waals surface area contributed by atoms with Crippen LogP contribution in [0.4, 0.5) is 29.1 Å². The summed E-state index contributed by atoms with van der Waals surface area (Å²) in [6.45, 7) is -16.0. The smallest absolute Gasteiger partial charge is 0.387 e. The molecule has 0 amide bonds. The van der Waals surface area contributed by atoms with Crippen molar-refractivity contribution in [2.24, 2.45) is 0 Å². The quantitative estimate of drug-likeness (QED) is 0.0136. The number of methoxy groups -OCH3 is 5. The number of aliphatic hydroxyl groups excluding tert-OH is 1. The van der Waals surface area contributed by atoms with E-state index in [0.717, 1.165) is 28.1 Å². The zero-order valence-corrected chi connectivity index (χ0v) is 85.8. The third-order valence-electron chi connectivity index (χ3n) is 23.9. The van der Waals surface area contributed by atoms with Crippen LogP contribution in [0, 0.1) is 13.8 Å². The Morgan fingerprint density at radius 1 is 0.404 bits per heavy atom. The predicted molar refractivity (Wildman–Crippen MR) is 508 cm³/mol. The molecule has 11 unspecified atom stereocenters. The van der Waals surface area contributed by atoms with E-state index >= 15 is 13.7 Å². The fraction of sp³-hybridized carbons (Fsp3) is 0.632. The zero-order valence-electron chi connectivity index (χ0n) is 78.8. The van der Waals surface area contributed by atoms with E-state index < -0.39 is 234 Å². The van der Waals surface area contributed by atoms with Crippen LogP contribution in [-0.2, 0) is 158 Å². The highest BCUT2D eigenvalue weighted by atomic mass is 32.7. The van der Waals surface area contributed by atoms with Gasteiger partial charge in [-0.15, -0.1) is 0 Å². The average Bonchev–Trinajstić information content (AvgIpc) is 1.61. The van der Waals surface area contributed by atoms with Gasteiger partial charge in [-0.05, 0) is 43.9 Å². The summed E-state index contributed by atoms with van der Waals surface area (Å²) in [5.41, 5.74) is 29.9. The maximum absolute atomic E-state index is 15.8. The van der Waals surface area contributed by atoms with Crippen molar-refractivity contribution in [1.29, 1.82) is 0 Å². The number of fused-ring (bicyclic) bond motifs is 4. The summed E-state index contributed by atoms with van der Waals surface area (Å²) in [5, 5.41) is 12.0. The maximum Gasteiger partial charge on any atom is 0.472 e. The van der Waals surface area contributed by atoms with Gasteiger partial charge in [-0.25, -0.2) is 83.1 Å². The van der Waals surface area contributed by atoms with Crippen molar-refractivity contribution in [3.8, 4) is 0 Å². The first-order valence-corrected chi connectivity index (χ1v) is 55.5. The van der Waals surface area contributed by atoms with Crippen LogP contribution in [-0.4, -0.2) is 360 Å². The molecule has 0 saturated carbocycles. The number of thiol groups is 1. The highest BCUT2D eigenvalue weighted by Gasteiger charge is 2.59. The molecule has 10 aromatic heterocycles. The fourth-order valence-electron chi connectivity index (χ4n) is 17.0. The molecular formula is C76H108N25O37P5S3. The number of nitrogens with two attached hydrogens (primary N) is 5. The van der Waals surface area contributed by atoms with Gasteiger partial charge >= 0.3 is 47.3 Å². The molecule has 0 bridgehead atoms. The van der Waals surface area contributed by atoms with Gasteiger partial charge < -0.3 is 143 Å². The number of aryl methyl sites for hydroxylation is 2. The predicted octanol–water partition coefficient (Wildman–Crippen LogP) is 0.0656. The number of nitrogen functional groups attached to an aromatic ring is 5. The van der Waals surface area contributed by atoms with E-state index in [9.17, 15) is 39.1 Å². The lowest BCUT2D eigenvalue weighted by atomic mass is 10.1. The summed E-state index contributed by atoms with van der Waals surface area (Å²) < 4.78 is 213. The van der Waals surface area contributed by atoms with Gasteiger partial charge in [0, 0.05) is 65.5 Å². The third kappa shape index (κ3) is 25.1. The maximum atomic E-state index is 15.8. The number of hydrogen-bond acceptors (Lipinski definition) is 53. The molecule has 16 heterocycles. The lowest BCUT2D eigenvalue weighted by Crippen LogP contribution is -2.41. The minimum Gasteiger partial charge on any atom is -0.387 e. The van der Waals surface area contributed by atoms with Gasteiger partial charge in [0.15, 0.2) is 77.0 Å². The van der Waals surface area contributed by atoms with Crippen molar-refractivity contribution < 1.29 is 159 Å². The molecule has 6 saturated heterocycles. The van der Waals surface area contributed by atoms with Crippen molar-refractivity contribution in [3.63, 3.8) is 0 Å². The molecule has 0 radical (unpaired) electrons. The molecule has 6 fully saturated rings. The Morgan fingerprint density at radius 2 is 0.740 bits per heavy atom. The van der Waals surface area contributed by atoms with Crippen LogP contribution in [0.15, 0.2) is 77.4 Å². The van der Waals surface area contributed by atoms with E-state index in [-0.39, 0.29) is 157 Å². The Hall–Kier alpha value is -8.14. The molecule has 62 nitrogen and oxygen atoms in total. The Labute approximate surface area is 841 Å². The van der Waals surface area contributed by atoms with Crippen molar-refractivity contribution in [1.82, 2.24) is 97.2 Å². The van der Waals surface area contributed by atoms with Crippen molar-refractivity contribution in [2.75, 3.05) is 163 Å². The molecule has 146 heavy (non-hydrogen) atoms. The molecule has 70 heteroatoms. The summed E-state index contributed by atoms with van der Waals surface area (Å²) in [5.74, 6) is -0.373. The zero-order chi connectivity index (χ0) is 104. The first kappa shape index (κ1) is 111. The molecular weight excluding hydrogens is 2110 g/mol. The van der Waals surface area contributed by atoms with Gasteiger partial charge in [0.05, 0.1) is 137 Å². The van der Waals surface area contributed by atoms with Crippen molar-refractivity contribution in [3.05, 3.63) is 105 Å². The summed E-state index contributed by atoms with van der Waals surface area (Å²) in [4.78, 5) is 146. The number of rotatable bonds is 52. The first-order valence-electron chi connectivity index (χ1n) is 44.7. The molecule has 28 atom stereocenters. The van der Waals surface area contributed by atoms with Crippen LogP contribution in [0.1, 0.15) is 68.3 Å². The van der Waals surface area contributed by atoms with E-state index in [1.165, 1.54) is 112 Å². The molecule has 0 aromatic carbocycles. The van der Waals surface area contributed by atoms with Crippen LogP contribution in [0.2, 0.25) is 0 Å². The van der Waals surface area contributed by atoms with Crippen LogP contribution in [0.3, 0.4) is 0 Å². The monoisotopic (exact) mass is 2210 g/mol. The fourth-order valence-corrected chi connectivity index (χ4v) is 23.3. The molecule has 6 aliphatic rings. The van der Waals surface area contributed by atoms with E-state index in [2.05, 4.69) is 82.0 Å².